The summed E-state index contributed by atoms with van der Waals surface area (Å²) in [6.07, 6.45) is 9.64. The van der Waals surface area contributed by atoms with Crippen LogP contribution >= 0.6 is 0 Å². The maximum atomic E-state index is 4.48. The Morgan fingerprint density at radius 1 is 1.39 bits per heavy atom. The van der Waals surface area contributed by atoms with E-state index in [0.29, 0.717) is 6.04 Å². The zero-order valence-electron chi connectivity index (χ0n) is 11.3. The minimum absolute atomic E-state index is 0.643. The third-order valence-corrected chi connectivity index (χ3v) is 5.95. The molecule has 5 atom stereocenters. The summed E-state index contributed by atoms with van der Waals surface area (Å²) in [5.74, 6) is 6.43. The smallest absolute Gasteiger partial charge is 0.109 e. The van der Waals surface area contributed by atoms with Crippen molar-refractivity contribution in [2.75, 3.05) is 7.05 Å². The van der Waals surface area contributed by atoms with E-state index in [0.717, 1.165) is 36.0 Å². The number of hydrogen-bond acceptors (Lipinski definition) is 2. The van der Waals surface area contributed by atoms with Crippen LogP contribution in [0.3, 0.4) is 0 Å². The van der Waals surface area contributed by atoms with E-state index < -0.39 is 0 Å². The number of aromatic nitrogens is 2. The van der Waals surface area contributed by atoms with Crippen molar-refractivity contribution in [3.05, 3.63) is 18.2 Å². The topological polar surface area (TPSA) is 29.9 Å². The fraction of sp³-hybridized carbons (Fsp3) is 0.800. The molecule has 2 bridgehead atoms. The first kappa shape index (κ1) is 11.0. The van der Waals surface area contributed by atoms with E-state index in [-0.39, 0.29) is 0 Å². The van der Waals surface area contributed by atoms with Gasteiger partial charge in [0.05, 0.1) is 0 Å². The molecule has 98 valence electrons. The molecule has 0 spiro atoms. The Kier molecular flexibility index (Phi) is 2.35. The Bertz CT molecular complexity index is 436. The number of fused-ring (bicyclic) bond motifs is 5. The molecule has 5 unspecified atom stereocenters. The molecule has 0 amide bonds. The van der Waals surface area contributed by atoms with Gasteiger partial charge < -0.3 is 9.88 Å². The SMILES string of the molecule is CNC(Cc1nccn1C)C1C2C3CCC(C3)C21. The van der Waals surface area contributed by atoms with Crippen LogP contribution < -0.4 is 5.32 Å². The van der Waals surface area contributed by atoms with E-state index in [4.69, 9.17) is 0 Å². The van der Waals surface area contributed by atoms with Crippen LogP contribution in [0.4, 0.5) is 0 Å². The quantitative estimate of drug-likeness (QED) is 0.877. The summed E-state index contributed by atoms with van der Waals surface area (Å²) in [7, 11) is 4.23. The third-order valence-electron chi connectivity index (χ3n) is 5.95. The number of nitrogens with zero attached hydrogens (tertiary/aromatic N) is 2. The normalized spacial score (nSPS) is 42.0. The number of aryl methyl sites for hydroxylation is 1. The lowest BCUT2D eigenvalue weighted by atomic mass is 9.95. The van der Waals surface area contributed by atoms with Gasteiger partial charge in [0.15, 0.2) is 0 Å². The third kappa shape index (κ3) is 1.43. The second-order valence-corrected chi connectivity index (χ2v) is 6.62. The molecule has 3 saturated carbocycles. The molecule has 0 saturated heterocycles. The van der Waals surface area contributed by atoms with Crippen molar-refractivity contribution in [1.82, 2.24) is 14.9 Å². The average molecular weight is 245 g/mol. The minimum Gasteiger partial charge on any atom is -0.338 e. The van der Waals surface area contributed by atoms with Crippen LogP contribution in [0.1, 0.15) is 25.1 Å². The molecule has 1 aromatic rings. The van der Waals surface area contributed by atoms with Gasteiger partial charge in [0.1, 0.15) is 5.82 Å². The fourth-order valence-electron chi connectivity index (χ4n) is 5.15. The Morgan fingerprint density at radius 2 is 2.11 bits per heavy atom. The van der Waals surface area contributed by atoms with Crippen LogP contribution in [0.2, 0.25) is 0 Å². The monoisotopic (exact) mass is 245 g/mol. The van der Waals surface area contributed by atoms with Crippen LogP contribution in [-0.4, -0.2) is 22.6 Å². The maximum absolute atomic E-state index is 4.48. The van der Waals surface area contributed by atoms with Crippen molar-refractivity contribution in [2.45, 2.75) is 31.7 Å². The molecule has 4 rings (SSSR count). The van der Waals surface area contributed by atoms with Gasteiger partial charge in [0.2, 0.25) is 0 Å². The Labute approximate surface area is 109 Å². The first-order valence-electron chi connectivity index (χ1n) is 7.43. The van der Waals surface area contributed by atoms with E-state index >= 15 is 0 Å². The largest absolute Gasteiger partial charge is 0.338 e. The van der Waals surface area contributed by atoms with Crippen LogP contribution in [0.15, 0.2) is 12.4 Å². The molecule has 3 aliphatic rings. The lowest BCUT2D eigenvalue weighted by molar-refractivity contribution is 0.371. The Morgan fingerprint density at radius 3 is 2.67 bits per heavy atom. The predicted octanol–water partition coefficient (Wildman–Crippen LogP) is 1.84. The number of nitrogens with one attached hydrogen (secondary N) is 1. The van der Waals surface area contributed by atoms with Crippen LogP contribution in [-0.2, 0) is 13.5 Å². The Hall–Kier alpha value is -0.830. The van der Waals surface area contributed by atoms with E-state index in [1.807, 2.05) is 6.20 Å². The highest BCUT2D eigenvalue weighted by Gasteiger charge is 2.66. The average Bonchev–Trinajstić information content (AvgIpc) is 2.72. The van der Waals surface area contributed by atoms with Crippen LogP contribution in [0.5, 0.6) is 0 Å². The van der Waals surface area contributed by atoms with Gasteiger partial charge in [0.25, 0.3) is 0 Å². The first-order chi connectivity index (χ1) is 8.79. The van der Waals surface area contributed by atoms with Gasteiger partial charge in [0, 0.05) is 31.9 Å². The molecule has 3 heteroatoms. The van der Waals surface area contributed by atoms with Crippen molar-refractivity contribution in [3.8, 4) is 0 Å². The standard InChI is InChI=1S/C15H23N3/c1-16-11(8-12-17-5-6-18(12)2)15-13-9-3-4-10(7-9)14(13)15/h5-6,9-11,13-16H,3-4,7-8H2,1-2H3. The van der Waals surface area contributed by atoms with Gasteiger partial charge in [-0.2, -0.15) is 0 Å². The summed E-state index contributed by atoms with van der Waals surface area (Å²) in [5.41, 5.74) is 0. The van der Waals surface area contributed by atoms with Gasteiger partial charge in [-0.05, 0) is 55.9 Å². The predicted molar refractivity (Wildman–Crippen MR) is 71.1 cm³/mol. The van der Waals surface area contributed by atoms with Crippen molar-refractivity contribution in [3.63, 3.8) is 0 Å². The number of hydrogen-bond donors (Lipinski definition) is 1. The summed E-state index contributed by atoms with van der Waals surface area (Å²) in [6, 6.07) is 0.643. The first-order valence-corrected chi connectivity index (χ1v) is 7.43. The number of rotatable bonds is 4. The maximum Gasteiger partial charge on any atom is 0.109 e. The van der Waals surface area contributed by atoms with E-state index in [1.54, 1.807) is 6.42 Å². The van der Waals surface area contributed by atoms with Crippen molar-refractivity contribution in [1.29, 1.82) is 0 Å². The molecular formula is C15H23N3. The molecule has 18 heavy (non-hydrogen) atoms. The molecule has 3 aliphatic carbocycles. The molecular weight excluding hydrogens is 222 g/mol. The van der Waals surface area contributed by atoms with E-state index in [1.165, 1.54) is 18.7 Å². The number of imidazole rings is 1. The fourth-order valence-corrected chi connectivity index (χ4v) is 5.15. The summed E-state index contributed by atoms with van der Waals surface area (Å²) in [4.78, 5) is 4.48. The second kappa shape index (κ2) is 3.83. The lowest BCUT2D eigenvalue weighted by Crippen LogP contribution is -2.33. The summed E-state index contributed by atoms with van der Waals surface area (Å²) >= 11 is 0. The summed E-state index contributed by atoms with van der Waals surface area (Å²) in [5, 5.41) is 3.57. The highest BCUT2D eigenvalue weighted by atomic mass is 15.0. The molecule has 3 fully saturated rings. The van der Waals surface area contributed by atoms with Crippen molar-refractivity contribution >= 4 is 0 Å². The van der Waals surface area contributed by atoms with Gasteiger partial charge >= 0.3 is 0 Å². The van der Waals surface area contributed by atoms with Crippen LogP contribution in [0, 0.1) is 29.6 Å². The van der Waals surface area contributed by atoms with Crippen molar-refractivity contribution in [2.24, 2.45) is 36.6 Å². The molecule has 0 radical (unpaired) electrons. The molecule has 1 heterocycles. The molecule has 3 nitrogen and oxygen atoms in total. The summed E-state index contributed by atoms with van der Waals surface area (Å²) in [6.45, 7) is 0. The van der Waals surface area contributed by atoms with E-state index in [9.17, 15) is 0 Å². The van der Waals surface area contributed by atoms with Gasteiger partial charge in [-0.3, -0.25) is 0 Å². The molecule has 0 aromatic carbocycles. The lowest BCUT2D eigenvalue weighted by Gasteiger charge is -2.19. The zero-order chi connectivity index (χ0) is 12.3. The number of likely N-dealkylation sites (N-methyl/N-ethyl adjacent to an activating group) is 1. The second-order valence-electron chi connectivity index (χ2n) is 6.62. The minimum atomic E-state index is 0.643. The zero-order valence-corrected chi connectivity index (χ0v) is 11.3. The van der Waals surface area contributed by atoms with E-state index in [2.05, 4.69) is 35.2 Å². The van der Waals surface area contributed by atoms with Crippen LogP contribution in [0.25, 0.3) is 0 Å². The summed E-state index contributed by atoms with van der Waals surface area (Å²) < 4.78 is 2.16. The Balaban J connectivity index is 1.49. The van der Waals surface area contributed by atoms with Gasteiger partial charge in [-0.1, -0.05) is 0 Å². The molecule has 1 aromatic heterocycles. The molecule has 1 N–H and O–H groups in total. The molecule has 0 aliphatic heterocycles. The van der Waals surface area contributed by atoms with Gasteiger partial charge in [-0.15, -0.1) is 0 Å². The highest BCUT2D eigenvalue weighted by molar-refractivity contribution is 5.16. The van der Waals surface area contributed by atoms with Gasteiger partial charge in [-0.25, -0.2) is 4.98 Å². The highest BCUT2D eigenvalue weighted by Crippen LogP contribution is 2.70. The van der Waals surface area contributed by atoms with Crippen molar-refractivity contribution < 1.29 is 0 Å².